The summed E-state index contributed by atoms with van der Waals surface area (Å²) in [6.45, 7) is 0. The molecule has 3 heteroatoms. The molecule has 2 aromatic carbocycles. The number of hydrogen-bond acceptors (Lipinski definition) is 2. The largest absolute Gasteiger partial charge is 0.363 e. The van der Waals surface area contributed by atoms with Gasteiger partial charge in [-0.15, -0.1) is 0 Å². The van der Waals surface area contributed by atoms with Gasteiger partial charge >= 0.3 is 0 Å². The fraction of sp³-hybridized carbons (Fsp3) is 0.143. The maximum absolute atomic E-state index is 3.82. The fourth-order valence-electron chi connectivity index (χ4n) is 4.41. The number of halogens is 1. The van der Waals surface area contributed by atoms with Gasteiger partial charge in [-0.1, -0.05) is 58.0 Å². The van der Waals surface area contributed by atoms with Gasteiger partial charge in [-0.3, -0.25) is 0 Å². The molecule has 1 unspecified atom stereocenters. The van der Waals surface area contributed by atoms with E-state index >= 15 is 0 Å². The fourth-order valence-corrected chi connectivity index (χ4v) is 5.84. The zero-order chi connectivity index (χ0) is 16.0. The average molecular weight is 392 g/mol. The van der Waals surface area contributed by atoms with E-state index in [1.165, 1.54) is 52.7 Å². The molecule has 4 aliphatic rings. The molecule has 1 fully saturated rings. The Morgan fingerprint density at radius 1 is 1.17 bits per heavy atom. The molecular weight excluding hydrogens is 378 g/mol. The summed E-state index contributed by atoms with van der Waals surface area (Å²) < 4.78 is 1.22. The van der Waals surface area contributed by atoms with Gasteiger partial charge in [0, 0.05) is 38.1 Å². The molecule has 1 atom stereocenters. The number of thioether (sulfide) groups is 1. The van der Waals surface area contributed by atoms with Crippen molar-refractivity contribution in [2.45, 2.75) is 12.5 Å². The lowest BCUT2D eigenvalue weighted by atomic mass is 10.00. The molecule has 0 radical (unpaired) electrons. The van der Waals surface area contributed by atoms with Gasteiger partial charge in [0.1, 0.15) is 0 Å². The molecule has 0 bridgehead atoms. The Hall–Kier alpha value is -1.71. The van der Waals surface area contributed by atoms with Crippen molar-refractivity contribution >= 4 is 50.6 Å². The van der Waals surface area contributed by atoms with Gasteiger partial charge in [-0.2, -0.15) is 0 Å². The Bertz CT molecular complexity index is 1140. The lowest BCUT2D eigenvalue weighted by molar-refractivity contribution is 0.987. The third kappa shape index (κ3) is 1.57. The van der Waals surface area contributed by atoms with Gasteiger partial charge in [0.2, 0.25) is 0 Å². The number of rotatable bonds is 1. The quantitative estimate of drug-likeness (QED) is 0.675. The number of hydrogen-bond donors (Lipinski definition) is 0. The summed E-state index contributed by atoms with van der Waals surface area (Å²) in [4.78, 5) is 5.40. The summed E-state index contributed by atoms with van der Waals surface area (Å²) in [5.41, 5.74) is 7.11. The van der Waals surface area contributed by atoms with Crippen LogP contribution in [-0.2, 0) is 0 Å². The van der Waals surface area contributed by atoms with Crippen molar-refractivity contribution in [1.29, 1.82) is 0 Å². The minimum absolute atomic E-state index is 0.358. The van der Waals surface area contributed by atoms with Crippen molar-refractivity contribution in [2.75, 3.05) is 11.9 Å². The van der Waals surface area contributed by atoms with E-state index in [1.54, 1.807) is 0 Å². The van der Waals surface area contributed by atoms with Crippen molar-refractivity contribution in [3.8, 4) is 0 Å². The van der Waals surface area contributed by atoms with Gasteiger partial charge in [0.05, 0.1) is 6.04 Å². The van der Waals surface area contributed by atoms with Gasteiger partial charge in [0.25, 0.3) is 0 Å². The van der Waals surface area contributed by atoms with Crippen LogP contribution in [-0.4, -0.2) is 13.1 Å². The Balaban J connectivity index is 1.71. The molecule has 0 amide bonds. The van der Waals surface area contributed by atoms with E-state index in [-0.39, 0.29) is 0 Å². The molecule has 0 aromatic heterocycles. The highest BCUT2D eigenvalue weighted by atomic mass is 79.9. The van der Waals surface area contributed by atoms with Crippen LogP contribution in [0.4, 0.5) is 5.69 Å². The van der Waals surface area contributed by atoms with Crippen LogP contribution in [0.25, 0.3) is 17.2 Å². The molecule has 1 saturated heterocycles. The van der Waals surface area contributed by atoms with Crippen LogP contribution in [0.3, 0.4) is 0 Å². The predicted octanol–water partition coefficient (Wildman–Crippen LogP) is 4.01. The van der Waals surface area contributed by atoms with Crippen molar-refractivity contribution in [3.63, 3.8) is 0 Å². The van der Waals surface area contributed by atoms with E-state index < -0.39 is 0 Å². The molecule has 2 aromatic rings. The molecular formula is C21H14BrNS. The van der Waals surface area contributed by atoms with Crippen LogP contribution >= 0.6 is 27.7 Å². The van der Waals surface area contributed by atoms with Crippen molar-refractivity contribution in [3.05, 3.63) is 78.3 Å². The molecule has 0 saturated carbocycles. The minimum Gasteiger partial charge on any atom is -0.363 e. The molecule has 2 aliphatic carbocycles. The number of likely N-dealkylation sites (N-methyl/N-ethyl adjacent to an activating group) is 1. The number of allylic oxidation sites excluding steroid dienone is 2. The summed E-state index contributed by atoms with van der Waals surface area (Å²) >= 11 is 5.76. The predicted molar refractivity (Wildman–Crippen MR) is 106 cm³/mol. The van der Waals surface area contributed by atoms with Crippen LogP contribution in [0.5, 0.6) is 0 Å². The number of fused-ring (bicyclic) bond motifs is 5. The van der Waals surface area contributed by atoms with Gasteiger partial charge < -0.3 is 4.90 Å². The van der Waals surface area contributed by atoms with Crippen molar-refractivity contribution in [1.82, 2.24) is 0 Å². The Morgan fingerprint density at radius 3 is 2.83 bits per heavy atom. The molecule has 24 heavy (non-hydrogen) atoms. The lowest BCUT2D eigenvalue weighted by Gasteiger charge is -2.18. The van der Waals surface area contributed by atoms with E-state index in [4.69, 9.17) is 0 Å². The van der Waals surface area contributed by atoms with E-state index in [1.807, 2.05) is 11.8 Å². The summed E-state index contributed by atoms with van der Waals surface area (Å²) in [5, 5.41) is 2.82. The van der Waals surface area contributed by atoms with Crippen molar-refractivity contribution in [2.24, 2.45) is 0 Å². The Morgan fingerprint density at radius 2 is 2.04 bits per heavy atom. The van der Waals surface area contributed by atoms with Gasteiger partial charge in [0.15, 0.2) is 0 Å². The Labute approximate surface area is 153 Å². The summed E-state index contributed by atoms with van der Waals surface area (Å²) in [7, 11) is 2.21. The zero-order valence-electron chi connectivity index (χ0n) is 13.1. The van der Waals surface area contributed by atoms with Crippen LogP contribution in [0.2, 0.25) is 0 Å². The number of benzene rings is 2. The monoisotopic (exact) mass is 391 g/mol. The average Bonchev–Trinajstić information content (AvgIpc) is 2.97. The summed E-state index contributed by atoms with van der Waals surface area (Å²) in [5.74, 6) is 0. The molecule has 1 nitrogen and oxygen atoms in total. The third-order valence-corrected chi connectivity index (χ3v) is 7.28. The standard InChI is InChI=1S/C21H14BrNS/c1-23-16-5-3-2-4-12(16)20-11-6-8-15(22)19(14(11)10-17(20)23)13-7-9-18-21(13)24-18/h2-6,8-10,17H,7H2,1H3. The highest BCUT2D eigenvalue weighted by Crippen LogP contribution is 2.60. The minimum atomic E-state index is 0.358. The van der Waals surface area contributed by atoms with Crippen molar-refractivity contribution < 1.29 is 0 Å². The second-order valence-corrected chi connectivity index (χ2v) is 8.63. The first-order valence-corrected chi connectivity index (χ1v) is 9.83. The molecule has 0 spiro atoms. The highest BCUT2D eigenvalue weighted by Gasteiger charge is 2.36. The summed E-state index contributed by atoms with van der Waals surface area (Å²) in [6.07, 6.45) is 5.90. The lowest BCUT2D eigenvalue weighted by Crippen LogP contribution is -2.27. The first-order valence-electron chi connectivity index (χ1n) is 8.23. The number of nitrogens with zero attached hydrogens (tertiary/aromatic N) is 1. The molecule has 116 valence electrons. The van der Waals surface area contributed by atoms with Gasteiger partial charge in [-0.25, -0.2) is 0 Å². The van der Waals surface area contributed by atoms with E-state index in [2.05, 4.69) is 76.4 Å². The van der Waals surface area contributed by atoms with Crippen LogP contribution in [0, 0.1) is 0 Å². The normalized spacial score (nSPS) is 22.1. The van der Waals surface area contributed by atoms with E-state index in [0.717, 1.165) is 6.42 Å². The topological polar surface area (TPSA) is 3.24 Å². The van der Waals surface area contributed by atoms with Crippen LogP contribution in [0.15, 0.2) is 56.8 Å². The molecule has 2 aliphatic heterocycles. The Kier molecular flexibility index (Phi) is 2.53. The zero-order valence-corrected chi connectivity index (χ0v) is 15.5. The van der Waals surface area contributed by atoms with Crippen LogP contribution in [0.1, 0.15) is 17.5 Å². The van der Waals surface area contributed by atoms with E-state index in [9.17, 15) is 0 Å². The second-order valence-electron chi connectivity index (χ2n) is 6.72. The van der Waals surface area contributed by atoms with E-state index in [0.29, 0.717) is 6.04 Å². The molecule has 0 N–H and O–H groups in total. The third-order valence-electron chi connectivity index (χ3n) is 5.56. The highest BCUT2D eigenvalue weighted by molar-refractivity contribution is 9.10. The first-order chi connectivity index (χ1) is 11.7. The first kappa shape index (κ1) is 13.6. The SMILES string of the molecule is CN1c2ccccc2C2=c3ccc(Br)c(C4=C5SC5=CC4)c3=CC21. The number of anilines is 1. The number of para-hydroxylation sites is 1. The molecule has 6 rings (SSSR count). The maximum Gasteiger partial charge on any atom is 0.0745 e. The smallest absolute Gasteiger partial charge is 0.0745 e. The summed E-state index contributed by atoms with van der Waals surface area (Å²) in [6, 6.07) is 13.7. The molecule has 2 heterocycles. The maximum atomic E-state index is 3.82. The second kappa shape index (κ2) is 4.47. The van der Waals surface area contributed by atoms with Gasteiger partial charge in [-0.05, 0) is 46.2 Å². The van der Waals surface area contributed by atoms with Crippen LogP contribution < -0.4 is 15.3 Å².